The summed E-state index contributed by atoms with van der Waals surface area (Å²) >= 11 is 0. The van der Waals surface area contributed by atoms with Crippen molar-refractivity contribution >= 4 is 17.3 Å². The molecule has 5 heteroatoms. The molecule has 1 aromatic carbocycles. The zero-order chi connectivity index (χ0) is 15.8. The maximum Gasteiger partial charge on any atom is 0.225 e. The van der Waals surface area contributed by atoms with Crippen LogP contribution in [0.5, 0.6) is 0 Å². The van der Waals surface area contributed by atoms with Gasteiger partial charge in [0.2, 0.25) is 5.91 Å². The summed E-state index contributed by atoms with van der Waals surface area (Å²) in [6, 6.07) is 7.94. The van der Waals surface area contributed by atoms with Crippen LogP contribution in [0.1, 0.15) is 32.3 Å². The minimum absolute atomic E-state index is 0.0358. The second-order valence-corrected chi connectivity index (χ2v) is 5.36. The molecule has 114 valence electrons. The van der Waals surface area contributed by atoms with Crippen LogP contribution in [0.3, 0.4) is 0 Å². The number of nitriles is 1. The highest BCUT2D eigenvalue weighted by atomic mass is 16.1. The third-order valence-corrected chi connectivity index (χ3v) is 3.52. The Balaban J connectivity index is 2.53. The lowest BCUT2D eigenvalue weighted by Gasteiger charge is -2.25. The Kier molecular flexibility index (Phi) is 6.70. The molecular weight excluding hydrogens is 264 g/mol. The van der Waals surface area contributed by atoms with Crippen LogP contribution in [-0.2, 0) is 4.79 Å². The van der Waals surface area contributed by atoms with Gasteiger partial charge in [0.25, 0.3) is 0 Å². The Hall–Kier alpha value is -2.06. The van der Waals surface area contributed by atoms with Gasteiger partial charge < -0.3 is 11.1 Å². The SMILES string of the molecule is Cc1c(N)cccc1NC(=O)CCN(CCC#N)C(C)C. The minimum Gasteiger partial charge on any atom is -0.398 e. The molecular formula is C16H24N4O. The molecule has 0 unspecified atom stereocenters. The third kappa shape index (κ3) is 5.44. The Labute approximate surface area is 126 Å². The first-order valence-corrected chi connectivity index (χ1v) is 7.21. The van der Waals surface area contributed by atoms with Gasteiger partial charge in [-0.1, -0.05) is 6.07 Å². The second kappa shape index (κ2) is 8.28. The Morgan fingerprint density at radius 1 is 1.43 bits per heavy atom. The average molecular weight is 288 g/mol. The van der Waals surface area contributed by atoms with Crippen molar-refractivity contribution in [3.63, 3.8) is 0 Å². The van der Waals surface area contributed by atoms with Gasteiger partial charge in [-0.2, -0.15) is 5.26 Å². The number of anilines is 2. The summed E-state index contributed by atoms with van der Waals surface area (Å²) in [5.74, 6) is -0.0358. The van der Waals surface area contributed by atoms with E-state index >= 15 is 0 Å². The minimum atomic E-state index is -0.0358. The summed E-state index contributed by atoms with van der Waals surface area (Å²) in [7, 11) is 0. The predicted molar refractivity (Wildman–Crippen MR) is 85.8 cm³/mol. The summed E-state index contributed by atoms with van der Waals surface area (Å²) in [5, 5.41) is 11.5. The average Bonchev–Trinajstić information content (AvgIpc) is 2.43. The molecule has 5 nitrogen and oxygen atoms in total. The fourth-order valence-electron chi connectivity index (χ4n) is 2.07. The van der Waals surface area contributed by atoms with Crippen molar-refractivity contribution in [1.29, 1.82) is 5.26 Å². The van der Waals surface area contributed by atoms with E-state index in [0.29, 0.717) is 37.7 Å². The zero-order valence-corrected chi connectivity index (χ0v) is 13.0. The summed E-state index contributed by atoms with van der Waals surface area (Å²) in [6.45, 7) is 7.36. The number of nitrogens with two attached hydrogens (primary N) is 1. The molecule has 0 aliphatic carbocycles. The molecule has 0 bridgehead atoms. The molecule has 0 aromatic heterocycles. The van der Waals surface area contributed by atoms with Crippen molar-refractivity contribution in [2.24, 2.45) is 0 Å². The number of hydrogen-bond acceptors (Lipinski definition) is 4. The zero-order valence-electron chi connectivity index (χ0n) is 13.0. The molecule has 0 saturated heterocycles. The Morgan fingerprint density at radius 2 is 2.14 bits per heavy atom. The molecule has 0 aliphatic rings. The molecule has 0 atom stereocenters. The van der Waals surface area contributed by atoms with Crippen molar-refractivity contribution in [3.05, 3.63) is 23.8 Å². The number of benzene rings is 1. The number of nitrogen functional groups attached to an aromatic ring is 1. The van der Waals surface area contributed by atoms with Crippen LogP contribution in [0.4, 0.5) is 11.4 Å². The maximum absolute atomic E-state index is 12.0. The molecule has 0 aliphatic heterocycles. The van der Waals surface area contributed by atoms with E-state index in [0.717, 1.165) is 11.3 Å². The van der Waals surface area contributed by atoms with Crippen LogP contribution in [0.15, 0.2) is 18.2 Å². The molecule has 0 saturated carbocycles. The van der Waals surface area contributed by atoms with Crippen molar-refractivity contribution in [2.75, 3.05) is 24.1 Å². The molecule has 0 fully saturated rings. The van der Waals surface area contributed by atoms with Gasteiger partial charge in [-0.3, -0.25) is 9.69 Å². The van der Waals surface area contributed by atoms with Crippen LogP contribution in [0.2, 0.25) is 0 Å². The van der Waals surface area contributed by atoms with Gasteiger partial charge in [0.1, 0.15) is 0 Å². The van der Waals surface area contributed by atoms with Crippen molar-refractivity contribution < 1.29 is 4.79 Å². The topological polar surface area (TPSA) is 82.2 Å². The third-order valence-electron chi connectivity index (χ3n) is 3.52. The molecule has 1 aromatic rings. The number of amides is 1. The highest BCUT2D eigenvalue weighted by Crippen LogP contribution is 2.20. The standard InChI is InChI=1S/C16H24N4O/c1-12(2)20(10-5-9-17)11-8-16(21)19-15-7-4-6-14(18)13(15)3/h4,6-7,12H,5,8,10-11,18H2,1-3H3,(H,19,21). The Bertz CT molecular complexity index is 519. The quantitative estimate of drug-likeness (QED) is 0.755. The van der Waals surface area contributed by atoms with Crippen LogP contribution in [0.25, 0.3) is 0 Å². The molecule has 0 radical (unpaired) electrons. The van der Waals surface area contributed by atoms with Crippen LogP contribution >= 0.6 is 0 Å². The number of carbonyl (C=O) groups is 1. The van der Waals surface area contributed by atoms with E-state index in [1.807, 2.05) is 25.1 Å². The van der Waals surface area contributed by atoms with Gasteiger partial charge in [0, 0.05) is 43.3 Å². The number of hydrogen-bond donors (Lipinski definition) is 2. The normalized spacial score (nSPS) is 10.7. The van der Waals surface area contributed by atoms with E-state index in [2.05, 4.69) is 30.1 Å². The molecule has 3 N–H and O–H groups in total. The van der Waals surface area contributed by atoms with Gasteiger partial charge in [0.15, 0.2) is 0 Å². The maximum atomic E-state index is 12.0. The fourth-order valence-corrected chi connectivity index (χ4v) is 2.07. The van der Waals surface area contributed by atoms with Gasteiger partial charge in [-0.05, 0) is 38.5 Å². The molecule has 21 heavy (non-hydrogen) atoms. The van der Waals surface area contributed by atoms with E-state index < -0.39 is 0 Å². The molecule has 0 spiro atoms. The van der Waals surface area contributed by atoms with Gasteiger partial charge in [0.05, 0.1) is 6.07 Å². The summed E-state index contributed by atoms with van der Waals surface area (Å²) in [5.41, 5.74) is 8.14. The predicted octanol–water partition coefficient (Wildman–Crippen LogP) is 2.53. The van der Waals surface area contributed by atoms with Crippen LogP contribution in [-0.4, -0.2) is 29.9 Å². The van der Waals surface area contributed by atoms with E-state index in [4.69, 9.17) is 11.0 Å². The van der Waals surface area contributed by atoms with Crippen molar-refractivity contribution in [3.8, 4) is 6.07 Å². The van der Waals surface area contributed by atoms with E-state index in [1.165, 1.54) is 0 Å². The number of nitrogens with one attached hydrogen (secondary N) is 1. The van der Waals surface area contributed by atoms with Gasteiger partial charge in [-0.15, -0.1) is 0 Å². The lowest BCUT2D eigenvalue weighted by Crippen LogP contribution is -2.34. The number of carbonyl (C=O) groups excluding carboxylic acids is 1. The summed E-state index contributed by atoms with van der Waals surface area (Å²) < 4.78 is 0. The van der Waals surface area contributed by atoms with Crippen LogP contribution < -0.4 is 11.1 Å². The van der Waals surface area contributed by atoms with E-state index in [-0.39, 0.29) is 5.91 Å². The first-order chi connectivity index (χ1) is 9.95. The number of rotatable bonds is 7. The lowest BCUT2D eigenvalue weighted by molar-refractivity contribution is -0.116. The summed E-state index contributed by atoms with van der Waals surface area (Å²) in [6.07, 6.45) is 0.881. The highest BCUT2D eigenvalue weighted by Gasteiger charge is 2.12. The van der Waals surface area contributed by atoms with Gasteiger partial charge in [-0.25, -0.2) is 0 Å². The Morgan fingerprint density at radius 3 is 2.76 bits per heavy atom. The van der Waals surface area contributed by atoms with Crippen molar-refractivity contribution in [1.82, 2.24) is 4.90 Å². The molecule has 1 amide bonds. The van der Waals surface area contributed by atoms with Crippen molar-refractivity contribution in [2.45, 2.75) is 39.7 Å². The van der Waals surface area contributed by atoms with E-state index in [9.17, 15) is 4.79 Å². The molecule has 1 rings (SSSR count). The smallest absolute Gasteiger partial charge is 0.225 e. The molecule has 0 heterocycles. The largest absolute Gasteiger partial charge is 0.398 e. The summed E-state index contributed by atoms with van der Waals surface area (Å²) in [4.78, 5) is 14.2. The van der Waals surface area contributed by atoms with Crippen LogP contribution in [0, 0.1) is 18.3 Å². The lowest BCUT2D eigenvalue weighted by atomic mass is 10.1. The fraction of sp³-hybridized carbons (Fsp3) is 0.500. The first-order valence-electron chi connectivity index (χ1n) is 7.21. The van der Waals surface area contributed by atoms with E-state index in [1.54, 1.807) is 0 Å². The highest BCUT2D eigenvalue weighted by molar-refractivity contribution is 5.92. The monoisotopic (exact) mass is 288 g/mol. The van der Waals surface area contributed by atoms with Gasteiger partial charge >= 0.3 is 0 Å². The number of nitrogens with zero attached hydrogens (tertiary/aromatic N) is 2. The first kappa shape index (κ1) is 17.0. The second-order valence-electron chi connectivity index (χ2n) is 5.36.